The molecule has 4 rings (SSSR count). The van der Waals surface area contributed by atoms with E-state index in [0.29, 0.717) is 0 Å². The first-order valence-corrected chi connectivity index (χ1v) is 9.05. The average Bonchev–Trinajstić information content (AvgIpc) is 2.63. The quantitative estimate of drug-likeness (QED) is 0.508. The highest BCUT2D eigenvalue weighted by Crippen LogP contribution is 2.49. The van der Waals surface area contributed by atoms with Gasteiger partial charge in [-0.25, -0.2) is 0 Å². The molecule has 0 amide bonds. The zero-order valence-corrected chi connectivity index (χ0v) is 15.3. The zero-order valence-electron chi connectivity index (χ0n) is 15.3. The maximum absolute atomic E-state index is 4.01. The molecule has 0 atom stereocenters. The SMILES string of the molecule is C=C=C1C2=C(CCC=C2)C(C)(C)c2ccc(-c3ccc(C)cc3)cc21. The Morgan fingerprint density at radius 3 is 2.44 bits per heavy atom. The van der Waals surface area contributed by atoms with Crippen LogP contribution in [0.2, 0.25) is 0 Å². The molecule has 2 aromatic rings. The number of hydrogen-bond acceptors (Lipinski definition) is 0. The Morgan fingerprint density at radius 1 is 1.00 bits per heavy atom. The van der Waals surface area contributed by atoms with E-state index >= 15 is 0 Å². The fourth-order valence-electron chi connectivity index (χ4n) is 4.27. The molecule has 0 fully saturated rings. The molecule has 124 valence electrons. The fraction of sp³-hybridized carbons (Fsp3) is 0.240. The lowest BCUT2D eigenvalue weighted by Crippen LogP contribution is -2.28. The monoisotopic (exact) mass is 324 g/mol. The number of allylic oxidation sites excluding steroid dienone is 5. The fourth-order valence-corrected chi connectivity index (χ4v) is 4.27. The van der Waals surface area contributed by atoms with Crippen LogP contribution in [0.25, 0.3) is 16.7 Å². The molecule has 0 heterocycles. The van der Waals surface area contributed by atoms with Gasteiger partial charge in [-0.2, -0.15) is 0 Å². The van der Waals surface area contributed by atoms with Gasteiger partial charge < -0.3 is 0 Å². The number of rotatable bonds is 1. The van der Waals surface area contributed by atoms with E-state index in [4.69, 9.17) is 0 Å². The third-order valence-corrected chi connectivity index (χ3v) is 5.72. The summed E-state index contributed by atoms with van der Waals surface area (Å²) in [6, 6.07) is 15.6. The average molecular weight is 324 g/mol. The number of benzene rings is 2. The Kier molecular flexibility index (Phi) is 3.67. The zero-order chi connectivity index (χ0) is 17.6. The summed E-state index contributed by atoms with van der Waals surface area (Å²) in [6.07, 6.45) is 6.81. The minimum absolute atomic E-state index is 0.0571. The van der Waals surface area contributed by atoms with Crippen molar-refractivity contribution >= 4 is 5.57 Å². The van der Waals surface area contributed by atoms with Crippen LogP contribution in [0, 0.1) is 6.92 Å². The lowest BCUT2D eigenvalue weighted by Gasteiger charge is -2.39. The summed E-state index contributed by atoms with van der Waals surface area (Å²) < 4.78 is 0. The van der Waals surface area contributed by atoms with Crippen molar-refractivity contribution in [1.29, 1.82) is 0 Å². The Hall–Kier alpha value is -2.56. The highest BCUT2D eigenvalue weighted by Gasteiger charge is 2.36. The Bertz CT molecular complexity index is 956. The molecule has 0 bridgehead atoms. The summed E-state index contributed by atoms with van der Waals surface area (Å²) in [5.41, 5.74) is 13.8. The van der Waals surface area contributed by atoms with Crippen LogP contribution >= 0.6 is 0 Å². The standard InChI is InChI=1S/C25H24/c1-5-20-21-8-6-7-9-23(21)25(3,4)24-15-14-19(16-22(20)24)18-12-10-17(2)11-13-18/h6,8,10-16H,1,7,9H2,2-4H3. The van der Waals surface area contributed by atoms with Crippen LogP contribution in [0.3, 0.4) is 0 Å². The lowest BCUT2D eigenvalue weighted by molar-refractivity contribution is 0.579. The molecule has 0 unspecified atom stereocenters. The van der Waals surface area contributed by atoms with Crippen molar-refractivity contribution < 1.29 is 0 Å². The van der Waals surface area contributed by atoms with E-state index in [1.807, 2.05) is 0 Å². The van der Waals surface area contributed by atoms with Crippen LogP contribution in [0.4, 0.5) is 0 Å². The molecule has 0 spiro atoms. The third kappa shape index (κ3) is 2.46. The molecule has 0 aromatic heterocycles. The second-order valence-corrected chi connectivity index (χ2v) is 7.64. The number of hydrogen-bond donors (Lipinski definition) is 0. The summed E-state index contributed by atoms with van der Waals surface area (Å²) in [4.78, 5) is 0. The highest BCUT2D eigenvalue weighted by atomic mass is 14.4. The van der Waals surface area contributed by atoms with Crippen LogP contribution in [-0.2, 0) is 5.41 Å². The first-order chi connectivity index (χ1) is 12.0. The summed E-state index contributed by atoms with van der Waals surface area (Å²) in [5.74, 6) is 0. The van der Waals surface area contributed by atoms with Crippen molar-refractivity contribution in [2.75, 3.05) is 0 Å². The van der Waals surface area contributed by atoms with E-state index in [1.165, 1.54) is 39.0 Å². The van der Waals surface area contributed by atoms with Crippen LogP contribution in [0.1, 0.15) is 43.4 Å². The van der Waals surface area contributed by atoms with Gasteiger partial charge in [0.15, 0.2) is 0 Å². The Labute approximate surface area is 150 Å². The maximum Gasteiger partial charge on any atom is 0.0306 e. The summed E-state index contributed by atoms with van der Waals surface area (Å²) >= 11 is 0. The number of aryl methyl sites for hydroxylation is 1. The molecule has 0 heteroatoms. The lowest BCUT2D eigenvalue weighted by atomic mass is 9.64. The molecule has 0 aliphatic heterocycles. The van der Waals surface area contributed by atoms with Gasteiger partial charge in [0.25, 0.3) is 0 Å². The van der Waals surface area contributed by atoms with Crippen molar-refractivity contribution in [2.45, 2.75) is 39.0 Å². The van der Waals surface area contributed by atoms with Gasteiger partial charge in [0.1, 0.15) is 0 Å². The van der Waals surface area contributed by atoms with Crippen molar-refractivity contribution in [3.8, 4) is 11.1 Å². The van der Waals surface area contributed by atoms with E-state index in [0.717, 1.165) is 18.4 Å². The highest BCUT2D eigenvalue weighted by molar-refractivity contribution is 5.89. The molecule has 0 N–H and O–H groups in total. The smallest absolute Gasteiger partial charge is 0.0306 e. The maximum atomic E-state index is 4.01. The number of fused-ring (bicyclic) bond motifs is 1. The van der Waals surface area contributed by atoms with Crippen LogP contribution in [0.15, 0.2) is 78.1 Å². The van der Waals surface area contributed by atoms with Crippen molar-refractivity contribution in [3.63, 3.8) is 0 Å². The summed E-state index contributed by atoms with van der Waals surface area (Å²) in [7, 11) is 0. The molecule has 2 aliphatic carbocycles. The largest absolute Gasteiger partial charge is 0.119 e. The molecule has 2 aromatic carbocycles. The molecule has 0 saturated heterocycles. The van der Waals surface area contributed by atoms with E-state index in [2.05, 4.69) is 87.7 Å². The molecular formula is C25H24. The second-order valence-electron chi connectivity index (χ2n) is 7.64. The van der Waals surface area contributed by atoms with E-state index in [-0.39, 0.29) is 5.41 Å². The third-order valence-electron chi connectivity index (χ3n) is 5.72. The topological polar surface area (TPSA) is 0 Å². The van der Waals surface area contributed by atoms with Crippen molar-refractivity contribution in [1.82, 2.24) is 0 Å². The minimum atomic E-state index is 0.0571. The van der Waals surface area contributed by atoms with Gasteiger partial charge in [0, 0.05) is 11.0 Å². The van der Waals surface area contributed by atoms with Gasteiger partial charge in [0.05, 0.1) is 0 Å². The Balaban J connectivity index is 1.93. The molecule has 0 saturated carbocycles. The van der Waals surface area contributed by atoms with Crippen molar-refractivity contribution in [3.05, 3.63) is 94.8 Å². The van der Waals surface area contributed by atoms with Crippen LogP contribution < -0.4 is 0 Å². The summed E-state index contributed by atoms with van der Waals surface area (Å²) in [6.45, 7) is 10.8. The normalized spacial score (nSPS) is 17.8. The van der Waals surface area contributed by atoms with Gasteiger partial charge in [-0.15, -0.1) is 5.73 Å². The first kappa shape index (κ1) is 15.9. The molecular weight excluding hydrogens is 300 g/mol. The van der Waals surface area contributed by atoms with Gasteiger partial charge in [-0.05, 0) is 53.7 Å². The predicted octanol–water partition coefficient (Wildman–Crippen LogP) is 6.77. The van der Waals surface area contributed by atoms with E-state index < -0.39 is 0 Å². The van der Waals surface area contributed by atoms with Gasteiger partial charge in [-0.3, -0.25) is 0 Å². The molecule has 0 radical (unpaired) electrons. The Morgan fingerprint density at radius 2 is 1.72 bits per heavy atom. The van der Waals surface area contributed by atoms with Gasteiger partial charge in [0.2, 0.25) is 0 Å². The van der Waals surface area contributed by atoms with Gasteiger partial charge in [-0.1, -0.05) is 80.1 Å². The van der Waals surface area contributed by atoms with Crippen molar-refractivity contribution in [2.24, 2.45) is 0 Å². The predicted molar refractivity (Wildman–Crippen MR) is 108 cm³/mol. The van der Waals surface area contributed by atoms with Gasteiger partial charge >= 0.3 is 0 Å². The molecule has 0 nitrogen and oxygen atoms in total. The minimum Gasteiger partial charge on any atom is -0.119 e. The first-order valence-electron chi connectivity index (χ1n) is 9.05. The molecule has 2 aliphatic rings. The van der Waals surface area contributed by atoms with Crippen LogP contribution in [-0.4, -0.2) is 0 Å². The van der Waals surface area contributed by atoms with E-state index in [9.17, 15) is 0 Å². The van der Waals surface area contributed by atoms with Crippen LogP contribution in [0.5, 0.6) is 0 Å². The van der Waals surface area contributed by atoms with E-state index in [1.54, 1.807) is 0 Å². The molecule has 25 heavy (non-hydrogen) atoms. The summed E-state index contributed by atoms with van der Waals surface area (Å²) in [5, 5.41) is 0. The second kappa shape index (κ2) is 5.76.